The summed E-state index contributed by atoms with van der Waals surface area (Å²) in [5, 5.41) is 36.8. The van der Waals surface area contributed by atoms with Crippen molar-refractivity contribution in [2.75, 3.05) is 5.43 Å². The number of anilines is 1. The lowest BCUT2D eigenvalue weighted by Gasteiger charge is -2.01. The number of nitrogens with one attached hydrogen (secondary N) is 1. The van der Waals surface area contributed by atoms with Crippen molar-refractivity contribution in [1.82, 2.24) is 0 Å². The van der Waals surface area contributed by atoms with Crippen LogP contribution in [0.4, 0.5) is 22.7 Å². The fourth-order valence-electron chi connectivity index (χ4n) is 2.58. The number of rotatable bonds is 7. The first-order valence-electron chi connectivity index (χ1n) is 8.33. The molecule has 152 valence electrons. The second-order valence-electron chi connectivity index (χ2n) is 6.05. The van der Waals surface area contributed by atoms with Gasteiger partial charge in [-0.25, -0.2) is 0 Å². The lowest BCUT2D eigenvalue weighted by Crippen LogP contribution is -1.98. The highest BCUT2D eigenvalue weighted by Gasteiger charge is 2.19. The molecule has 0 unspecified atom stereocenters. The molecule has 0 aliphatic carbocycles. The number of furan rings is 1. The van der Waals surface area contributed by atoms with E-state index >= 15 is 0 Å². The number of nitro benzene ring substituents is 3. The number of nitrogens with zero attached hydrogens (tertiary/aromatic N) is 4. The maximum absolute atomic E-state index is 11.1. The number of hydrazone groups is 1. The van der Waals surface area contributed by atoms with E-state index < -0.39 is 26.1 Å². The first kappa shape index (κ1) is 20.1. The Morgan fingerprint density at radius 3 is 2.30 bits per heavy atom. The Labute approximate surface area is 167 Å². The molecule has 0 aliphatic heterocycles. The Kier molecular flexibility index (Phi) is 5.49. The summed E-state index contributed by atoms with van der Waals surface area (Å²) in [6.45, 7) is 1.63. The number of non-ortho nitro benzene ring substituents is 1. The van der Waals surface area contributed by atoms with E-state index in [0.29, 0.717) is 16.9 Å². The van der Waals surface area contributed by atoms with Crippen LogP contribution < -0.4 is 5.43 Å². The first-order valence-corrected chi connectivity index (χ1v) is 8.33. The highest BCUT2D eigenvalue weighted by Crippen LogP contribution is 2.30. The summed E-state index contributed by atoms with van der Waals surface area (Å²) >= 11 is 0. The lowest BCUT2D eigenvalue weighted by molar-refractivity contribution is -0.393. The molecule has 1 aromatic heterocycles. The van der Waals surface area contributed by atoms with Gasteiger partial charge in [-0.05, 0) is 25.1 Å². The van der Waals surface area contributed by atoms with E-state index in [1.807, 2.05) is 0 Å². The Morgan fingerprint density at radius 2 is 1.63 bits per heavy atom. The molecule has 0 aliphatic rings. The van der Waals surface area contributed by atoms with Gasteiger partial charge in [-0.3, -0.25) is 35.8 Å². The average Bonchev–Trinajstić information content (AvgIpc) is 3.17. The largest absolute Gasteiger partial charge is 0.455 e. The van der Waals surface area contributed by atoms with Crippen LogP contribution in [0.5, 0.6) is 0 Å². The maximum atomic E-state index is 11.1. The van der Waals surface area contributed by atoms with Crippen LogP contribution in [0, 0.1) is 37.3 Å². The van der Waals surface area contributed by atoms with E-state index in [2.05, 4.69) is 10.5 Å². The average molecular weight is 411 g/mol. The van der Waals surface area contributed by atoms with Gasteiger partial charge in [-0.15, -0.1) is 0 Å². The monoisotopic (exact) mass is 411 g/mol. The van der Waals surface area contributed by atoms with Gasteiger partial charge in [0, 0.05) is 23.3 Å². The van der Waals surface area contributed by atoms with Gasteiger partial charge in [0.05, 0.1) is 27.1 Å². The quantitative estimate of drug-likeness (QED) is 0.338. The highest BCUT2D eigenvalue weighted by molar-refractivity contribution is 5.79. The van der Waals surface area contributed by atoms with Gasteiger partial charge < -0.3 is 4.42 Å². The Hall–Kier alpha value is -4.61. The summed E-state index contributed by atoms with van der Waals surface area (Å²) in [6, 6.07) is 11.0. The summed E-state index contributed by atoms with van der Waals surface area (Å²) in [7, 11) is 0. The summed E-state index contributed by atoms with van der Waals surface area (Å²) in [6.07, 6.45) is 1.25. The van der Waals surface area contributed by atoms with E-state index in [9.17, 15) is 30.3 Å². The van der Waals surface area contributed by atoms with Gasteiger partial charge in [0.2, 0.25) is 0 Å². The Morgan fingerprint density at radius 1 is 0.900 bits per heavy atom. The van der Waals surface area contributed by atoms with Crippen LogP contribution in [0.2, 0.25) is 0 Å². The maximum Gasteiger partial charge on any atom is 0.301 e. The van der Waals surface area contributed by atoms with Gasteiger partial charge in [0.25, 0.3) is 11.4 Å². The van der Waals surface area contributed by atoms with Crippen LogP contribution >= 0.6 is 0 Å². The zero-order valence-corrected chi connectivity index (χ0v) is 15.3. The normalized spacial score (nSPS) is 10.8. The standard InChI is InChI=1S/C18H13N5O7/c1-11-2-3-12(8-16(11)22(26)27)18-7-5-14(30-18)10-19-20-15-6-4-13(21(24)25)9-17(15)23(28)29/h2-10,20H,1H3/b19-10-. The van der Waals surface area contributed by atoms with E-state index in [-0.39, 0.29) is 17.1 Å². The fourth-order valence-corrected chi connectivity index (χ4v) is 2.58. The predicted octanol–water partition coefficient (Wildman–Crippen LogP) is 4.43. The second kappa shape index (κ2) is 8.18. The Bertz CT molecular complexity index is 1190. The third kappa shape index (κ3) is 4.27. The van der Waals surface area contributed by atoms with Crippen LogP contribution in [-0.2, 0) is 0 Å². The summed E-state index contributed by atoms with van der Waals surface area (Å²) in [5.74, 6) is 0.658. The topological polar surface area (TPSA) is 167 Å². The van der Waals surface area contributed by atoms with E-state index in [1.165, 1.54) is 18.3 Å². The first-order chi connectivity index (χ1) is 14.3. The minimum absolute atomic E-state index is 0.0359. The van der Waals surface area contributed by atoms with E-state index in [4.69, 9.17) is 4.42 Å². The predicted molar refractivity (Wildman–Crippen MR) is 107 cm³/mol. The molecule has 1 N–H and O–H groups in total. The minimum atomic E-state index is -0.764. The third-order valence-electron chi connectivity index (χ3n) is 4.08. The van der Waals surface area contributed by atoms with Gasteiger partial charge in [-0.1, -0.05) is 12.1 Å². The molecule has 12 nitrogen and oxygen atoms in total. The molecule has 0 fully saturated rings. The Balaban J connectivity index is 1.79. The molecule has 2 aromatic carbocycles. The van der Waals surface area contributed by atoms with Crippen LogP contribution in [-0.4, -0.2) is 21.0 Å². The van der Waals surface area contributed by atoms with E-state index in [0.717, 1.165) is 12.1 Å². The molecule has 3 aromatic rings. The zero-order valence-electron chi connectivity index (χ0n) is 15.3. The molecule has 3 rings (SSSR count). The summed E-state index contributed by atoms with van der Waals surface area (Å²) in [5.41, 5.74) is 2.47. The molecule has 0 amide bonds. The lowest BCUT2D eigenvalue weighted by atomic mass is 10.1. The number of nitro groups is 3. The molecule has 0 radical (unpaired) electrons. The zero-order chi connectivity index (χ0) is 21.8. The molecule has 1 heterocycles. The van der Waals surface area contributed by atoms with Gasteiger partial charge >= 0.3 is 5.69 Å². The van der Waals surface area contributed by atoms with Crippen molar-refractivity contribution < 1.29 is 19.2 Å². The van der Waals surface area contributed by atoms with Crippen molar-refractivity contribution >= 4 is 29.0 Å². The van der Waals surface area contributed by atoms with Crippen LogP contribution in [0.1, 0.15) is 11.3 Å². The smallest absolute Gasteiger partial charge is 0.301 e. The minimum Gasteiger partial charge on any atom is -0.455 e. The van der Waals surface area contributed by atoms with Gasteiger partial charge in [0.1, 0.15) is 17.2 Å². The van der Waals surface area contributed by atoms with Crippen molar-refractivity contribution in [2.45, 2.75) is 6.92 Å². The molecule has 0 spiro atoms. The highest BCUT2D eigenvalue weighted by atomic mass is 16.6. The number of hydrogen-bond acceptors (Lipinski definition) is 9. The van der Waals surface area contributed by atoms with Crippen LogP contribution in [0.3, 0.4) is 0 Å². The van der Waals surface area contributed by atoms with Gasteiger partial charge in [-0.2, -0.15) is 5.10 Å². The molecule has 12 heteroatoms. The summed E-state index contributed by atoms with van der Waals surface area (Å²) < 4.78 is 5.58. The SMILES string of the molecule is Cc1ccc(-c2ccc(/C=N\Nc3ccc([N+](=O)[O-])cc3[N+](=O)[O-])o2)cc1[N+](=O)[O-]. The number of benzene rings is 2. The van der Waals surface area contributed by atoms with Gasteiger partial charge in [0.15, 0.2) is 0 Å². The number of aryl methyl sites for hydroxylation is 1. The molecule has 0 saturated heterocycles. The van der Waals surface area contributed by atoms with Crippen molar-refractivity contribution in [3.63, 3.8) is 0 Å². The third-order valence-corrected chi connectivity index (χ3v) is 4.08. The molecule has 0 bridgehead atoms. The van der Waals surface area contributed by atoms with Crippen molar-refractivity contribution in [3.05, 3.63) is 90.2 Å². The van der Waals surface area contributed by atoms with Crippen molar-refractivity contribution in [2.24, 2.45) is 5.10 Å². The second-order valence-corrected chi connectivity index (χ2v) is 6.05. The van der Waals surface area contributed by atoms with Crippen LogP contribution in [0.15, 0.2) is 58.0 Å². The van der Waals surface area contributed by atoms with E-state index in [1.54, 1.807) is 31.2 Å². The molecular formula is C18H13N5O7. The molecular weight excluding hydrogens is 398 g/mol. The van der Waals surface area contributed by atoms with Crippen molar-refractivity contribution in [1.29, 1.82) is 0 Å². The number of hydrogen-bond donors (Lipinski definition) is 1. The summed E-state index contributed by atoms with van der Waals surface area (Å²) in [4.78, 5) is 31.0. The molecule has 30 heavy (non-hydrogen) atoms. The molecule has 0 atom stereocenters. The van der Waals surface area contributed by atoms with Crippen LogP contribution in [0.25, 0.3) is 11.3 Å². The fraction of sp³-hybridized carbons (Fsp3) is 0.0556. The molecule has 0 saturated carbocycles. The van der Waals surface area contributed by atoms with Crippen molar-refractivity contribution in [3.8, 4) is 11.3 Å².